The Morgan fingerprint density at radius 1 is 1.28 bits per heavy atom. The molecular weight excluding hydrogens is 346 g/mol. The first-order valence-electron chi connectivity index (χ1n) is 8.44. The Balaban J connectivity index is 1.46. The number of fused-ring (bicyclic) bond motifs is 1. The van der Waals surface area contributed by atoms with E-state index < -0.39 is 0 Å². The summed E-state index contributed by atoms with van der Waals surface area (Å²) < 4.78 is 10.5. The van der Waals surface area contributed by atoms with Crippen molar-refractivity contribution in [2.24, 2.45) is 0 Å². The highest BCUT2D eigenvalue weighted by molar-refractivity contribution is 6.31. The number of esters is 1. The summed E-state index contributed by atoms with van der Waals surface area (Å²) in [4.78, 5) is 27.9. The molecule has 2 aliphatic heterocycles. The van der Waals surface area contributed by atoms with Crippen LogP contribution in [0.4, 0.5) is 5.69 Å². The van der Waals surface area contributed by atoms with Crippen LogP contribution in [-0.2, 0) is 14.3 Å². The minimum Gasteiger partial charge on any atom is -0.423 e. The number of morpholine rings is 1. The number of carbonyl (C=O) groups is 2. The van der Waals surface area contributed by atoms with Crippen molar-refractivity contribution in [1.29, 1.82) is 0 Å². The number of hydrogen-bond acceptors (Lipinski definition) is 6. The van der Waals surface area contributed by atoms with E-state index in [0.717, 1.165) is 39.3 Å². The molecule has 25 heavy (non-hydrogen) atoms. The molecule has 1 N–H and O–H groups in total. The van der Waals surface area contributed by atoms with Crippen molar-refractivity contribution in [3.63, 3.8) is 0 Å². The van der Waals surface area contributed by atoms with Gasteiger partial charge in [0.05, 0.1) is 25.4 Å². The molecule has 1 saturated heterocycles. The van der Waals surface area contributed by atoms with E-state index >= 15 is 0 Å². The molecule has 1 fully saturated rings. The Kier molecular flexibility index (Phi) is 6.12. The lowest BCUT2D eigenvalue weighted by molar-refractivity contribution is -0.133. The number of nitrogens with one attached hydrogen (secondary N) is 1. The first kappa shape index (κ1) is 18.0. The van der Waals surface area contributed by atoms with Crippen LogP contribution in [0.15, 0.2) is 18.2 Å². The zero-order valence-electron chi connectivity index (χ0n) is 14.0. The third-order valence-electron chi connectivity index (χ3n) is 4.22. The van der Waals surface area contributed by atoms with Crippen molar-refractivity contribution >= 4 is 29.2 Å². The zero-order valence-corrected chi connectivity index (χ0v) is 14.8. The van der Waals surface area contributed by atoms with Crippen LogP contribution in [-0.4, -0.2) is 69.3 Å². The second-order valence-electron chi connectivity index (χ2n) is 6.10. The number of anilines is 1. The van der Waals surface area contributed by atoms with Crippen LogP contribution >= 0.6 is 11.6 Å². The standard InChI is InChI=1S/C17H22ClN3O4/c18-13-2-3-15-14(10-13)21(12-17(23)25-15)11-16(22)19-4-1-5-20-6-8-24-9-7-20/h2-3,10H,1,4-9,11-12H2,(H,19,22). The third-order valence-corrected chi connectivity index (χ3v) is 4.45. The van der Waals surface area contributed by atoms with Gasteiger partial charge in [-0.05, 0) is 31.2 Å². The van der Waals surface area contributed by atoms with Crippen molar-refractivity contribution < 1.29 is 19.1 Å². The number of nitrogens with zero attached hydrogens (tertiary/aromatic N) is 2. The molecule has 8 heteroatoms. The summed E-state index contributed by atoms with van der Waals surface area (Å²) >= 11 is 6.01. The highest BCUT2D eigenvalue weighted by Crippen LogP contribution is 2.34. The minimum atomic E-state index is -0.380. The molecule has 0 aromatic heterocycles. The Bertz CT molecular complexity index is 634. The molecule has 0 aliphatic carbocycles. The number of benzene rings is 1. The van der Waals surface area contributed by atoms with E-state index in [0.29, 0.717) is 23.0 Å². The van der Waals surface area contributed by atoms with E-state index in [-0.39, 0.29) is 25.0 Å². The van der Waals surface area contributed by atoms with E-state index in [2.05, 4.69) is 10.2 Å². The van der Waals surface area contributed by atoms with Crippen LogP contribution in [0.3, 0.4) is 0 Å². The molecule has 1 amide bonds. The van der Waals surface area contributed by atoms with E-state index in [1.165, 1.54) is 0 Å². The normalized spacial score (nSPS) is 17.8. The fraction of sp³-hybridized carbons (Fsp3) is 0.529. The minimum absolute atomic E-state index is 0.0362. The average molecular weight is 368 g/mol. The van der Waals surface area contributed by atoms with Crippen LogP contribution in [0, 0.1) is 0 Å². The lowest BCUT2D eigenvalue weighted by Gasteiger charge is -2.29. The Morgan fingerprint density at radius 3 is 2.88 bits per heavy atom. The van der Waals surface area contributed by atoms with Gasteiger partial charge in [0, 0.05) is 24.7 Å². The first-order chi connectivity index (χ1) is 12.1. The molecule has 1 aromatic carbocycles. The van der Waals surface area contributed by atoms with Crippen molar-refractivity contribution in [3.8, 4) is 5.75 Å². The summed E-state index contributed by atoms with van der Waals surface area (Å²) in [7, 11) is 0. The third kappa shape index (κ3) is 5.07. The summed E-state index contributed by atoms with van der Waals surface area (Å²) in [6, 6.07) is 5.00. The Labute approximate surface area is 151 Å². The highest BCUT2D eigenvalue weighted by atomic mass is 35.5. The van der Waals surface area contributed by atoms with Crippen molar-refractivity contribution in [3.05, 3.63) is 23.2 Å². The van der Waals surface area contributed by atoms with Crippen LogP contribution in [0.1, 0.15) is 6.42 Å². The molecule has 0 bridgehead atoms. The molecule has 0 spiro atoms. The Hall–Kier alpha value is -1.83. The molecule has 0 radical (unpaired) electrons. The van der Waals surface area contributed by atoms with Crippen LogP contribution in [0.2, 0.25) is 5.02 Å². The number of carbonyl (C=O) groups excluding carboxylic acids is 2. The maximum Gasteiger partial charge on any atom is 0.331 e. The monoisotopic (exact) mass is 367 g/mol. The van der Waals surface area contributed by atoms with Crippen LogP contribution in [0.25, 0.3) is 0 Å². The van der Waals surface area contributed by atoms with Gasteiger partial charge in [-0.2, -0.15) is 0 Å². The molecular formula is C17H22ClN3O4. The van der Waals surface area contributed by atoms with Gasteiger partial charge in [-0.1, -0.05) is 11.6 Å². The van der Waals surface area contributed by atoms with Crippen molar-refractivity contribution in [2.75, 3.05) is 57.4 Å². The van der Waals surface area contributed by atoms with Crippen LogP contribution < -0.4 is 15.0 Å². The second kappa shape index (κ2) is 8.51. The number of rotatable bonds is 6. The van der Waals surface area contributed by atoms with Gasteiger partial charge in [0.2, 0.25) is 5.91 Å². The molecule has 1 aromatic rings. The molecule has 0 atom stereocenters. The molecule has 136 valence electrons. The largest absolute Gasteiger partial charge is 0.423 e. The van der Waals surface area contributed by atoms with Gasteiger partial charge in [0.25, 0.3) is 0 Å². The van der Waals surface area contributed by atoms with Crippen molar-refractivity contribution in [1.82, 2.24) is 10.2 Å². The summed E-state index contributed by atoms with van der Waals surface area (Å²) in [5.41, 5.74) is 0.663. The summed E-state index contributed by atoms with van der Waals surface area (Å²) in [5.74, 6) is -0.0710. The fourth-order valence-electron chi connectivity index (χ4n) is 2.95. The number of hydrogen-bond donors (Lipinski definition) is 1. The first-order valence-corrected chi connectivity index (χ1v) is 8.81. The zero-order chi connectivity index (χ0) is 17.6. The van der Waals surface area contributed by atoms with Gasteiger partial charge in [-0.25, -0.2) is 4.79 Å². The predicted octanol–water partition coefficient (Wildman–Crippen LogP) is 0.904. The maximum absolute atomic E-state index is 12.2. The molecule has 2 aliphatic rings. The molecule has 7 nitrogen and oxygen atoms in total. The van der Waals surface area contributed by atoms with Gasteiger partial charge in [-0.3, -0.25) is 9.69 Å². The van der Waals surface area contributed by atoms with E-state index in [9.17, 15) is 9.59 Å². The van der Waals surface area contributed by atoms with E-state index in [1.54, 1.807) is 23.1 Å². The topological polar surface area (TPSA) is 71.1 Å². The van der Waals surface area contributed by atoms with Gasteiger partial charge in [0.1, 0.15) is 6.54 Å². The van der Waals surface area contributed by atoms with E-state index in [4.69, 9.17) is 21.1 Å². The quantitative estimate of drug-likeness (QED) is 0.458. The lowest BCUT2D eigenvalue weighted by atomic mass is 10.2. The molecule has 0 saturated carbocycles. The number of halogens is 1. The summed E-state index contributed by atoms with van der Waals surface area (Å²) in [5, 5.41) is 3.44. The number of amides is 1. The smallest absolute Gasteiger partial charge is 0.331 e. The van der Waals surface area contributed by atoms with Gasteiger partial charge < -0.3 is 19.7 Å². The lowest BCUT2D eigenvalue weighted by Crippen LogP contribution is -2.44. The van der Waals surface area contributed by atoms with Crippen LogP contribution in [0.5, 0.6) is 5.75 Å². The molecule has 3 rings (SSSR count). The van der Waals surface area contributed by atoms with Gasteiger partial charge in [-0.15, -0.1) is 0 Å². The van der Waals surface area contributed by atoms with E-state index in [1.807, 2.05) is 0 Å². The van der Waals surface area contributed by atoms with Gasteiger partial charge in [0.15, 0.2) is 5.75 Å². The average Bonchev–Trinajstić information content (AvgIpc) is 2.60. The second-order valence-corrected chi connectivity index (χ2v) is 6.54. The molecule has 2 heterocycles. The maximum atomic E-state index is 12.2. The fourth-order valence-corrected chi connectivity index (χ4v) is 3.11. The predicted molar refractivity (Wildman–Crippen MR) is 94.2 cm³/mol. The number of ether oxygens (including phenoxy) is 2. The Morgan fingerprint density at radius 2 is 2.08 bits per heavy atom. The highest BCUT2D eigenvalue weighted by Gasteiger charge is 2.25. The summed E-state index contributed by atoms with van der Waals surface area (Å²) in [6.45, 7) is 5.13. The van der Waals surface area contributed by atoms with Crippen molar-refractivity contribution in [2.45, 2.75) is 6.42 Å². The molecule has 0 unspecified atom stereocenters. The van der Waals surface area contributed by atoms with Gasteiger partial charge >= 0.3 is 5.97 Å². The SMILES string of the molecule is O=C(CN1CC(=O)Oc2ccc(Cl)cc21)NCCCN1CCOCC1. The summed E-state index contributed by atoms with van der Waals surface area (Å²) in [6.07, 6.45) is 0.885.